The minimum absolute atomic E-state index is 0.448. The molecule has 0 aliphatic heterocycles. The van der Waals surface area contributed by atoms with Crippen LogP contribution in [0.2, 0.25) is 0 Å². The Kier molecular flexibility index (Phi) is 5.28. The summed E-state index contributed by atoms with van der Waals surface area (Å²) in [6.45, 7) is 13.3. The van der Waals surface area contributed by atoms with Gasteiger partial charge in [0.25, 0.3) is 0 Å². The highest BCUT2D eigenvalue weighted by Crippen LogP contribution is 2.40. The van der Waals surface area contributed by atoms with Crippen molar-refractivity contribution in [3.8, 4) is 0 Å². The first kappa shape index (κ1) is 11.7. The van der Waals surface area contributed by atoms with E-state index in [1.165, 1.54) is 31.3 Å². The van der Waals surface area contributed by atoms with Crippen LogP contribution in [0.25, 0.3) is 0 Å². The summed E-state index contributed by atoms with van der Waals surface area (Å²) in [5.74, 6) is 0. The van der Waals surface area contributed by atoms with Crippen LogP contribution in [0.4, 0.5) is 0 Å². The van der Waals surface area contributed by atoms with Crippen molar-refractivity contribution >= 4 is 0 Å². The van der Waals surface area contributed by atoms with Crippen LogP contribution in [-0.4, -0.2) is 0 Å². The average Bonchev–Trinajstić information content (AvgIpc) is 2.13. The molecule has 0 nitrogen and oxygen atoms in total. The molecular weight excluding hydrogens is 144 g/mol. The normalized spacial score (nSPS) is 11.7. The van der Waals surface area contributed by atoms with E-state index in [0.29, 0.717) is 5.41 Å². The van der Waals surface area contributed by atoms with Crippen molar-refractivity contribution in [1.82, 2.24) is 0 Å². The Balaban J connectivity index is 4.44. The Morgan fingerprint density at radius 3 is 1.83 bits per heavy atom. The fraction of sp³-hybridized carbons (Fsp3) is 0.833. The summed E-state index contributed by atoms with van der Waals surface area (Å²) >= 11 is 0. The summed E-state index contributed by atoms with van der Waals surface area (Å²) in [4.78, 5) is 0. The van der Waals surface area contributed by atoms with Gasteiger partial charge in [-0.2, -0.15) is 0 Å². The second kappa shape index (κ2) is 5.40. The van der Waals surface area contributed by atoms with Gasteiger partial charge >= 0.3 is 0 Å². The maximum Gasteiger partial charge on any atom is -0.00962 e. The van der Waals surface area contributed by atoms with Gasteiger partial charge in [-0.15, -0.1) is 0 Å². The summed E-state index contributed by atoms with van der Waals surface area (Å²) in [6, 6.07) is 0. The van der Waals surface area contributed by atoms with Crippen molar-refractivity contribution in [2.75, 3.05) is 0 Å². The fourth-order valence-electron chi connectivity index (χ4n) is 2.13. The number of hydrogen-bond acceptors (Lipinski definition) is 0. The van der Waals surface area contributed by atoms with Crippen LogP contribution in [0.1, 0.15) is 59.8 Å². The molecule has 0 fully saturated rings. The maximum absolute atomic E-state index is 4.21. The zero-order valence-corrected chi connectivity index (χ0v) is 9.24. The van der Waals surface area contributed by atoms with Crippen LogP contribution in [-0.2, 0) is 0 Å². The van der Waals surface area contributed by atoms with E-state index in [9.17, 15) is 0 Å². The van der Waals surface area contributed by atoms with Gasteiger partial charge in [0.15, 0.2) is 0 Å². The molecule has 0 aliphatic carbocycles. The first-order chi connectivity index (χ1) is 5.66. The van der Waals surface area contributed by atoms with Crippen LogP contribution in [0.15, 0.2) is 12.2 Å². The van der Waals surface area contributed by atoms with E-state index in [2.05, 4.69) is 34.3 Å². The first-order valence-corrected chi connectivity index (χ1v) is 5.35. The van der Waals surface area contributed by atoms with Crippen LogP contribution in [0.5, 0.6) is 0 Å². The van der Waals surface area contributed by atoms with Gasteiger partial charge in [-0.3, -0.25) is 0 Å². The highest BCUT2D eigenvalue weighted by molar-refractivity contribution is 5.09. The highest BCUT2D eigenvalue weighted by Gasteiger charge is 2.26. The third kappa shape index (κ3) is 2.36. The third-order valence-electron chi connectivity index (χ3n) is 3.26. The smallest absolute Gasteiger partial charge is 0.00962 e. The molecule has 0 heteroatoms. The molecule has 0 radical (unpaired) electrons. The molecule has 0 N–H and O–H groups in total. The van der Waals surface area contributed by atoms with E-state index < -0.39 is 0 Å². The quantitative estimate of drug-likeness (QED) is 0.510. The lowest BCUT2D eigenvalue weighted by Gasteiger charge is -2.33. The second-order valence-electron chi connectivity index (χ2n) is 3.69. The molecule has 0 saturated heterocycles. The van der Waals surface area contributed by atoms with E-state index in [-0.39, 0.29) is 0 Å². The molecular formula is C12H24. The standard InChI is InChI=1S/C12H24/c1-6-10-12(8-3,9-4)11(5)7-2/h5-10H2,1-4H3. The lowest BCUT2D eigenvalue weighted by atomic mass is 9.72. The fourth-order valence-corrected chi connectivity index (χ4v) is 2.13. The first-order valence-electron chi connectivity index (χ1n) is 5.35. The van der Waals surface area contributed by atoms with E-state index >= 15 is 0 Å². The van der Waals surface area contributed by atoms with Crippen molar-refractivity contribution < 1.29 is 0 Å². The molecule has 12 heavy (non-hydrogen) atoms. The topological polar surface area (TPSA) is 0 Å². The summed E-state index contributed by atoms with van der Waals surface area (Å²) in [7, 11) is 0. The maximum atomic E-state index is 4.21. The van der Waals surface area contributed by atoms with Crippen molar-refractivity contribution in [1.29, 1.82) is 0 Å². The Labute approximate surface area is 78.1 Å². The lowest BCUT2D eigenvalue weighted by molar-refractivity contribution is 0.291. The van der Waals surface area contributed by atoms with Crippen LogP contribution >= 0.6 is 0 Å². The SMILES string of the molecule is C=C(CC)C(CC)(CC)CCC. The molecule has 0 unspecified atom stereocenters. The Morgan fingerprint density at radius 1 is 1.08 bits per heavy atom. The zero-order chi connectivity index (χ0) is 9.61. The molecule has 0 aromatic heterocycles. The average molecular weight is 168 g/mol. The van der Waals surface area contributed by atoms with Crippen molar-refractivity contribution in [2.24, 2.45) is 5.41 Å². The van der Waals surface area contributed by atoms with E-state index in [0.717, 1.165) is 6.42 Å². The Bertz CT molecular complexity index is 129. The molecule has 0 atom stereocenters. The number of allylic oxidation sites excluding steroid dienone is 1. The second-order valence-corrected chi connectivity index (χ2v) is 3.69. The van der Waals surface area contributed by atoms with E-state index in [1.807, 2.05) is 0 Å². The Morgan fingerprint density at radius 2 is 1.58 bits per heavy atom. The molecule has 72 valence electrons. The van der Waals surface area contributed by atoms with E-state index in [4.69, 9.17) is 0 Å². The molecule has 0 amide bonds. The van der Waals surface area contributed by atoms with E-state index in [1.54, 1.807) is 0 Å². The molecule has 0 spiro atoms. The highest BCUT2D eigenvalue weighted by atomic mass is 14.3. The van der Waals surface area contributed by atoms with Gasteiger partial charge < -0.3 is 0 Å². The van der Waals surface area contributed by atoms with Crippen LogP contribution < -0.4 is 0 Å². The summed E-state index contributed by atoms with van der Waals surface area (Å²) in [5, 5.41) is 0. The van der Waals surface area contributed by atoms with Crippen molar-refractivity contribution in [3.63, 3.8) is 0 Å². The van der Waals surface area contributed by atoms with Gasteiger partial charge in [-0.1, -0.05) is 46.3 Å². The predicted molar refractivity (Wildman–Crippen MR) is 57.4 cm³/mol. The summed E-state index contributed by atoms with van der Waals surface area (Å²) in [6.07, 6.45) is 6.24. The molecule has 0 rings (SSSR count). The lowest BCUT2D eigenvalue weighted by Crippen LogP contribution is -2.20. The van der Waals surface area contributed by atoms with Gasteiger partial charge in [-0.05, 0) is 31.1 Å². The number of rotatable bonds is 6. The summed E-state index contributed by atoms with van der Waals surface area (Å²) < 4.78 is 0. The van der Waals surface area contributed by atoms with Crippen LogP contribution in [0, 0.1) is 5.41 Å². The molecule has 0 bridgehead atoms. The molecule has 0 aromatic carbocycles. The molecule has 0 saturated carbocycles. The number of hydrogen-bond donors (Lipinski definition) is 0. The van der Waals surface area contributed by atoms with Gasteiger partial charge in [0, 0.05) is 0 Å². The monoisotopic (exact) mass is 168 g/mol. The third-order valence-corrected chi connectivity index (χ3v) is 3.26. The van der Waals surface area contributed by atoms with Gasteiger partial charge in [0.1, 0.15) is 0 Å². The minimum Gasteiger partial charge on any atom is -0.0993 e. The van der Waals surface area contributed by atoms with Crippen molar-refractivity contribution in [2.45, 2.75) is 59.8 Å². The van der Waals surface area contributed by atoms with Gasteiger partial charge in [-0.25, -0.2) is 0 Å². The molecule has 0 heterocycles. The largest absolute Gasteiger partial charge is 0.0993 e. The van der Waals surface area contributed by atoms with Gasteiger partial charge in [0.05, 0.1) is 0 Å². The zero-order valence-electron chi connectivity index (χ0n) is 9.24. The minimum atomic E-state index is 0.448. The predicted octanol–water partition coefficient (Wildman–Crippen LogP) is 4.56. The Hall–Kier alpha value is -0.260. The van der Waals surface area contributed by atoms with Gasteiger partial charge in [0.2, 0.25) is 0 Å². The molecule has 0 aromatic rings. The summed E-state index contributed by atoms with van der Waals surface area (Å²) in [5.41, 5.74) is 1.90. The van der Waals surface area contributed by atoms with Crippen LogP contribution in [0.3, 0.4) is 0 Å². The van der Waals surface area contributed by atoms with Crippen molar-refractivity contribution in [3.05, 3.63) is 12.2 Å². The molecule has 0 aliphatic rings.